The highest BCUT2D eigenvalue weighted by Crippen LogP contribution is 2.30. The summed E-state index contributed by atoms with van der Waals surface area (Å²) in [6.07, 6.45) is 5.29. The Morgan fingerprint density at radius 3 is 3.00 bits per heavy atom. The number of cyclic esters (lactones) is 1. The van der Waals surface area contributed by atoms with Crippen LogP contribution in [0.1, 0.15) is 49.9 Å². The van der Waals surface area contributed by atoms with Gasteiger partial charge in [-0.25, -0.2) is 19.4 Å². The number of esters is 1. The first-order chi connectivity index (χ1) is 15.5. The predicted molar refractivity (Wildman–Crippen MR) is 115 cm³/mol. The Morgan fingerprint density at radius 1 is 1.31 bits per heavy atom. The van der Waals surface area contributed by atoms with E-state index in [0.29, 0.717) is 29.4 Å². The highest BCUT2D eigenvalue weighted by Gasteiger charge is 2.28. The number of nitriles is 1. The number of benzene rings is 1. The molecule has 1 aromatic carbocycles. The van der Waals surface area contributed by atoms with E-state index in [4.69, 9.17) is 10.00 Å². The molecule has 2 aliphatic heterocycles. The maximum absolute atomic E-state index is 11.8. The van der Waals surface area contributed by atoms with Gasteiger partial charge in [0.1, 0.15) is 12.7 Å². The normalized spacial score (nSPS) is 18.3. The van der Waals surface area contributed by atoms with Crippen LogP contribution >= 0.6 is 0 Å². The predicted octanol–water partition coefficient (Wildman–Crippen LogP) is 1.97. The number of hydrogen-bond acceptors (Lipinski definition) is 8. The molecule has 0 spiro atoms. The monoisotopic (exact) mass is 429 g/mol. The fourth-order valence-electron chi connectivity index (χ4n) is 4.39. The van der Waals surface area contributed by atoms with E-state index in [1.807, 2.05) is 24.5 Å². The molecule has 1 N–H and O–H groups in total. The first kappa shape index (κ1) is 20.3. The van der Waals surface area contributed by atoms with Crippen molar-refractivity contribution in [3.05, 3.63) is 69.8 Å². The van der Waals surface area contributed by atoms with E-state index >= 15 is 0 Å². The molecule has 2 aromatic heterocycles. The second-order valence-corrected chi connectivity index (χ2v) is 8.20. The first-order valence-electron chi connectivity index (χ1n) is 10.6. The smallest absolute Gasteiger partial charge is 0.338 e. The third-order valence-corrected chi connectivity index (χ3v) is 6.18. The maximum Gasteiger partial charge on any atom is 0.338 e. The summed E-state index contributed by atoms with van der Waals surface area (Å²) in [5.41, 5.74) is 6.21. The van der Waals surface area contributed by atoms with Crippen molar-refractivity contribution in [3.8, 4) is 12.0 Å². The van der Waals surface area contributed by atoms with Crippen molar-refractivity contribution in [2.24, 2.45) is 0 Å². The molecule has 9 heteroatoms. The number of piperazine rings is 1. The Hall–Kier alpha value is -3.61. The van der Waals surface area contributed by atoms with E-state index in [1.165, 1.54) is 11.8 Å². The summed E-state index contributed by atoms with van der Waals surface area (Å²) in [4.78, 5) is 22.9. The molecule has 32 heavy (non-hydrogen) atoms. The third kappa shape index (κ3) is 3.64. The summed E-state index contributed by atoms with van der Waals surface area (Å²) in [7, 11) is 0. The Morgan fingerprint density at radius 2 is 2.19 bits per heavy atom. The van der Waals surface area contributed by atoms with Gasteiger partial charge in [-0.2, -0.15) is 10.4 Å². The van der Waals surface area contributed by atoms with E-state index in [1.54, 1.807) is 11.6 Å². The van der Waals surface area contributed by atoms with E-state index < -0.39 is 0 Å². The Bertz CT molecular complexity index is 1240. The van der Waals surface area contributed by atoms with Gasteiger partial charge in [0, 0.05) is 49.5 Å². The molecule has 0 aliphatic carbocycles. The molecule has 4 heterocycles. The van der Waals surface area contributed by atoms with Crippen molar-refractivity contribution in [1.82, 2.24) is 30.0 Å². The Labute approximate surface area is 185 Å². The van der Waals surface area contributed by atoms with Crippen LogP contribution in [0.15, 0.2) is 30.7 Å². The summed E-state index contributed by atoms with van der Waals surface area (Å²) in [6.45, 7) is 7.65. The van der Waals surface area contributed by atoms with Crippen molar-refractivity contribution in [3.63, 3.8) is 0 Å². The number of rotatable bonds is 4. The average Bonchev–Trinajstić information content (AvgIpc) is 3.41. The number of fused-ring (bicyclic) bond motifs is 1. The van der Waals surface area contributed by atoms with E-state index in [-0.39, 0.29) is 12.0 Å². The number of nitrogens with one attached hydrogen (secondary N) is 1. The van der Waals surface area contributed by atoms with Gasteiger partial charge in [0.25, 0.3) is 5.95 Å². The van der Waals surface area contributed by atoms with Crippen LogP contribution in [0.25, 0.3) is 5.95 Å². The highest BCUT2D eigenvalue weighted by atomic mass is 16.5. The van der Waals surface area contributed by atoms with Gasteiger partial charge in [0.05, 0.1) is 29.2 Å². The van der Waals surface area contributed by atoms with E-state index in [9.17, 15) is 4.79 Å². The second-order valence-electron chi connectivity index (χ2n) is 8.20. The SMILES string of the molecule is Cc1nc(-n2cc(CN3CCNC(c4ccc5c(c4C)COC5=O)C3)cn2)ncc1C#N. The van der Waals surface area contributed by atoms with Crippen LogP contribution < -0.4 is 5.32 Å². The zero-order chi connectivity index (χ0) is 22.2. The van der Waals surface area contributed by atoms with Crippen molar-refractivity contribution in [1.29, 1.82) is 5.26 Å². The fraction of sp³-hybridized carbons (Fsp3) is 0.348. The topological polar surface area (TPSA) is 109 Å². The molecule has 0 radical (unpaired) electrons. The van der Waals surface area contributed by atoms with Gasteiger partial charge in [-0.3, -0.25) is 4.90 Å². The molecule has 3 aromatic rings. The van der Waals surface area contributed by atoms with Gasteiger partial charge < -0.3 is 10.1 Å². The molecular weight excluding hydrogens is 406 g/mol. The minimum absolute atomic E-state index is 0.185. The average molecular weight is 429 g/mol. The minimum atomic E-state index is -0.230. The minimum Gasteiger partial charge on any atom is -0.457 e. The zero-order valence-corrected chi connectivity index (χ0v) is 18.0. The lowest BCUT2D eigenvalue weighted by Crippen LogP contribution is -2.45. The van der Waals surface area contributed by atoms with Crippen LogP contribution in [0.2, 0.25) is 0 Å². The van der Waals surface area contributed by atoms with Crippen LogP contribution in [-0.2, 0) is 17.9 Å². The summed E-state index contributed by atoms with van der Waals surface area (Å²) < 4.78 is 6.84. The molecule has 0 bridgehead atoms. The van der Waals surface area contributed by atoms with E-state index in [2.05, 4.69) is 38.3 Å². The molecule has 1 unspecified atom stereocenters. The molecule has 1 fully saturated rings. The number of ether oxygens (including phenoxy) is 1. The molecule has 0 saturated carbocycles. The molecule has 0 amide bonds. The Balaban J connectivity index is 1.30. The summed E-state index contributed by atoms with van der Waals surface area (Å²) in [5.74, 6) is 0.225. The molecule has 162 valence electrons. The lowest BCUT2D eigenvalue weighted by Gasteiger charge is -2.34. The van der Waals surface area contributed by atoms with Crippen LogP contribution in [0.4, 0.5) is 0 Å². The van der Waals surface area contributed by atoms with Gasteiger partial charge >= 0.3 is 5.97 Å². The third-order valence-electron chi connectivity index (χ3n) is 6.18. The lowest BCUT2D eigenvalue weighted by atomic mass is 9.93. The van der Waals surface area contributed by atoms with Crippen LogP contribution in [0.3, 0.4) is 0 Å². The fourth-order valence-corrected chi connectivity index (χ4v) is 4.39. The van der Waals surface area contributed by atoms with Crippen LogP contribution in [0, 0.1) is 25.2 Å². The van der Waals surface area contributed by atoms with Gasteiger partial charge in [-0.05, 0) is 31.0 Å². The van der Waals surface area contributed by atoms with Crippen LogP contribution in [0.5, 0.6) is 0 Å². The molecule has 1 saturated heterocycles. The van der Waals surface area contributed by atoms with Crippen molar-refractivity contribution in [2.45, 2.75) is 33.0 Å². The van der Waals surface area contributed by atoms with Gasteiger partial charge in [0.2, 0.25) is 0 Å². The summed E-state index contributed by atoms with van der Waals surface area (Å²) >= 11 is 0. The second kappa shape index (κ2) is 8.15. The Kier molecular flexibility index (Phi) is 5.17. The molecular formula is C23H23N7O2. The summed E-state index contributed by atoms with van der Waals surface area (Å²) in [5, 5.41) is 17.1. The number of nitrogens with zero attached hydrogens (tertiary/aromatic N) is 6. The molecule has 1 atom stereocenters. The van der Waals surface area contributed by atoms with E-state index in [0.717, 1.165) is 42.9 Å². The number of aromatic nitrogens is 4. The first-order valence-corrected chi connectivity index (χ1v) is 10.6. The maximum atomic E-state index is 11.8. The van der Waals surface area contributed by atoms with Crippen molar-refractivity contribution in [2.75, 3.05) is 19.6 Å². The van der Waals surface area contributed by atoms with Crippen molar-refractivity contribution >= 4 is 5.97 Å². The van der Waals surface area contributed by atoms with Gasteiger partial charge in [-0.1, -0.05) is 6.07 Å². The number of carbonyl (C=O) groups excluding carboxylic acids is 1. The number of carbonyl (C=O) groups is 1. The molecule has 2 aliphatic rings. The molecule has 5 rings (SSSR count). The van der Waals surface area contributed by atoms with Gasteiger partial charge in [0.15, 0.2) is 0 Å². The zero-order valence-electron chi connectivity index (χ0n) is 18.0. The standard InChI is InChI=1S/C23H23N7O2/c1-14-18(3-4-19-20(14)13-32-22(19)31)21-12-29(6-5-25-21)10-16-8-27-30(11-16)23-26-9-17(7-24)15(2)28-23/h3-4,8-9,11,21,25H,5-6,10,12-13H2,1-2H3. The van der Waals surface area contributed by atoms with Gasteiger partial charge in [-0.15, -0.1) is 0 Å². The van der Waals surface area contributed by atoms with Crippen LogP contribution in [-0.4, -0.2) is 50.3 Å². The number of hydrogen-bond donors (Lipinski definition) is 1. The quantitative estimate of drug-likeness (QED) is 0.627. The largest absolute Gasteiger partial charge is 0.457 e. The highest BCUT2D eigenvalue weighted by molar-refractivity contribution is 5.94. The number of aryl methyl sites for hydroxylation is 1. The molecule has 9 nitrogen and oxygen atoms in total. The lowest BCUT2D eigenvalue weighted by molar-refractivity contribution is 0.0535. The van der Waals surface area contributed by atoms with Crippen molar-refractivity contribution < 1.29 is 9.53 Å². The summed E-state index contributed by atoms with van der Waals surface area (Å²) in [6, 6.07) is 6.20.